The van der Waals surface area contributed by atoms with Gasteiger partial charge in [0, 0.05) is 66.3 Å². The molecule has 1 aliphatic rings. The predicted molar refractivity (Wildman–Crippen MR) is 159 cm³/mol. The molecule has 41 heavy (non-hydrogen) atoms. The van der Waals surface area contributed by atoms with Crippen LogP contribution >= 0.6 is 0 Å². The second kappa shape index (κ2) is 11.6. The number of piperazine rings is 1. The number of esters is 1. The number of aryl methyl sites for hydroxylation is 1. The van der Waals surface area contributed by atoms with Gasteiger partial charge in [-0.25, -0.2) is 9.78 Å². The molecule has 9 nitrogen and oxygen atoms in total. The number of aromatic nitrogens is 5. The first-order valence-electron chi connectivity index (χ1n) is 13.9. The molecule has 0 saturated carbocycles. The van der Waals surface area contributed by atoms with Gasteiger partial charge in [0.2, 0.25) is 0 Å². The van der Waals surface area contributed by atoms with Crippen LogP contribution in [0.25, 0.3) is 44.8 Å². The molecule has 5 heterocycles. The number of hydrogen-bond acceptors (Lipinski definition) is 8. The second-order valence-electron chi connectivity index (χ2n) is 10.7. The van der Waals surface area contributed by atoms with Crippen molar-refractivity contribution in [3.8, 4) is 33.9 Å². The number of fused-ring (bicyclic) bond motifs is 1. The van der Waals surface area contributed by atoms with Gasteiger partial charge in [-0.05, 0) is 63.2 Å². The van der Waals surface area contributed by atoms with E-state index in [1.165, 1.54) is 0 Å². The number of imidazole rings is 1. The Morgan fingerprint density at radius 3 is 2.56 bits per heavy atom. The van der Waals surface area contributed by atoms with Crippen LogP contribution in [-0.2, 0) is 4.74 Å². The summed E-state index contributed by atoms with van der Waals surface area (Å²) < 4.78 is 5.53. The van der Waals surface area contributed by atoms with Crippen molar-refractivity contribution in [3.05, 3.63) is 84.6 Å². The first kappa shape index (κ1) is 26.7. The molecule has 0 aliphatic carbocycles. The molecule has 4 aromatic heterocycles. The second-order valence-corrected chi connectivity index (χ2v) is 10.7. The Balaban J connectivity index is 1.16. The molecule has 2 N–H and O–H groups in total. The minimum Gasteiger partial charge on any atom is -0.461 e. The Hall–Kier alpha value is -4.47. The average Bonchev–Trinajstić information content (AvgIpc) is 3.46. The maximum atomic E-state index is 12.6. The van der Waals surface area contributed by atoms with Gasteiger partial charge < -0.3 is 15.0 Å². The highest BCUT2D eigenvalue weighted by molar-refractivity contribution is 5.91. The van der Waals surface area contributed by atoms with E-state index in [2.05, 4.69) is 61.1 Å². The highest BCUT2D eigenvalue weighted by Crippen LogP contribution is 2.31. The van der Waals surface area contributed by atoms with Crippen LogP contribution in [-0.4, -0.2) is 74.1 Å². The Kier molecular flexibility index (Phi) is 7.54. The van der Waals surface area contributed by atoms with Crippen molar-refractivity contribution < 1.29 is 9.53 Å². The summed E-state index contributed by atoms with van der Waals surface area (Å²) in [7, 11) is 0. The third-order valence-electron chi connectivity index (χ3n) is 7.31. The average molecular weight is 548 g/mol. The Morgan fingerprint density at radius 1 is 0.951 bits per heavy atom. The number of carbonyl (C=O) groups is 1. The third kappa shape index (κ3) is 6.01. The monoisotopic (exact) mass is 547 g/mol. The van der Waals surface area contributed by atoms with Crippen LogP contribution in [0.2, 0.25) is 0 Å². The lowest BCUT2D eigenvalue weighted by atomic mass is 10.0. The number of rotatable bonds is 7. The SMILES string of the molecule is Cc1cccc(-c2[nH]cnc2-c2ccc3ncc(-c4ccc(C(=O)OCCN5CC(C)NC(C)C5)cn4)cc3c2)n1. The van der Waals surface area contributed by atoms with Gasteiger partial charge >= 0.3 is 5.97 Å². The number of aromatic amines is 1. The van der Waals surface area contributed by atoms with E-state index in [0.717, 1.165) is 70.1 Å². The number of pyridine rings is 3. The number of H-pyrrole nitrogens is 1. The Labute approximate surface area is 239 Å². The molecule has 0 amide bonds. The summed E-state index contributed by atoms with van der Waals surface area (Å²) >= 11 is 0. The first-order chi connectivity index (χ1) is 19.9. The number of nitrogens with one attached hydrogen (secondary N) is 2. The van der Waals surface area contributed by atoms with Crippen LogP contribution in [0, 0.1) is 6.92 Å². The lowest BCUT2D eigenvalue weighted by Gasteiger charge is -2.35. The standard InChI is InChI=1S/C32H33N7O2/c1-20-5-4-6-29(38-20)31-30(35-19-36-31)23-7-9-27-25(13-23)14-26(16-34-27)28-10-8-24(15-33-28)32(40)41-12-11-39-17-21(2)37-22(3)18-39/h4-10,13-16,19,21-22,37H,11-12,17-18H2,1-3H3,(H,35,36). The van der Waals surface area contributed by atoms with Crippen molar-refractivity contribution in [2.24, 2.45) is 0 Å². The summed E-state index contributed by atoms with van der Waals surface area (Å²) in [6.45, 7) is 9.30. The molecular formula is C32H33N7O2. The minimum atomic E-state index is -0.362. The van der Waals surface area contributed by atoms with Crippen LogP contribution in [0.15, 0.2) is 73.3 Å². The Morgan fingerprint density at radius 2 is 1.78 bits per heavy atom. The zero-order valence-corrected chi connectivity index (χ0v) is 23.5. The number of benzene rings is 1. The van der Waals surface area contributed by atoms with E-state index in [4.69, 9.17) is 4.74 Å². The number of carbonyl (C=O) groups excluding carboxylic acids is 1. The van der Waals surface area contributed by atoms with Gasteiger partial charge in [-0.1, -0.05) is 12.1 Å². The molecule has 1 aliphatic heterocycles. The van der Waals surface area contributed by atoms with E-state index in [1.807, 2.05) is 43.3 Å². The van der Waals surface area contributed by atoms with Crippen molar-refractivity contribution in [1.82, 2.24) is 35.1 Å². The lowest BCUT2D eigenvalue weighted by Crippen LogP contribution is -2.54. The normalized spacial score (nSPS) is 17.5. The third-order valence-corrected chi connectivity index (χ3v) is 7.31. The molecule has 0 spiro atoms. The lowest BCUT2D eigenvalue weighted by molar-refractivity contribution is 0.0436. The molecule has 0 radical (unpaired) electrons. The summed E-state index contributed by atoms with van der Waals surface area (Å²) in [5.41, 5.74) is 7.36. The molecule has 1 aromatic carbocycles. The van der Waals surface area contributed by atoms with Gasteiger partial charge in [-0.3, -0.25) is 19.9 Å². The molecule has 6 rings (SSSR count). The van der Waals surface area contributed by atoms with Crippen LogP contribution in [0.4, 0.5) is 0 Å². The van der Waals surface area contributed by atoms with Gasteiger partial charge in [-0.15, -0.1) is 0 Å². The molecule has 0 bridgehead atoms. The van der Waals surface area contributed by atoms with E-state index < -0.39 is 0 Å². The van der Waals surface area contributed by atoms with Crippen LogP contribution in [0.1, 0.15) is 29.9 Å². The van der Waals surface area contributed by atoms with E-state index in [0.29, 0.717) is 24.3 Å². The number of ether oxygens (including phenoxy) is 1. The molecule has 9 heteroatoms. The minimum absolute atomic E-state index is 0.356. The predicted octanol–water partition coefficient (Wildman–Crippen LogP) is 4.90. The highest BCUT2D eigenvalue weighted by Gasteiger charge is 2.21. The van der Waals surface area contributed by atoms with Crippen LogP contribution in [0.5, 0.6) is 0 Å². The molecular weight excluding hydrogens is 514 g/mol. The van der Waals surface area contributed by atoms with E-state index in [1.54, 1.807) is 24.8 Å². The summed E-state index contributed by atoms with van der Waals surface area (Å²) in [5, 5.41) is 4.48. The van der Waals surface area contributed by atoms with Gasteiger partial charge in [0.1, 0.15) is 6.61 Å². The molecule has 1 saturated heterocycles. The first-order valence-corrected chi connectivity index (χ1v) is 13.9. The van der Waals surface area contributed by atoms with Gasteiger partial charge in [0.25, 0.3) is 0 Å². The Bertz CT molecular complexity index is 1670. The van der Waals surface area contributed by atoms with Gasteiger partial charge in [0.05, 0.1) is 40.2 Å². The fraction of sp³-hybridized carbons (Fsp3) is 0.281. The van der Waals surface area contributed by atoms with Crippen LogP contribution < -0.4 is 5.32 Å². The van der Waals surface area contributed by atoms with E-state index in [-0.39, 0.29) is 5.97 Å². The fourth-order valence-electron chi connectivity index (χ4n) is 5.47. The van der Waals surface area contributed by atoms with Crippen molar-refractivity contribution in [2.45, 2.75) is 32.9 Å². The maximum absolute atomic E-state index is 12.6. The van der Waals surface area contributed by atoms with Crippen molar-refractivity contribution in [1.29, 1.82) is 0 Å². The largest absolute Gasteiger partial charge is 0.461 e. The number of hydrogen-bond donors (Lipinski definition) is 2. The summed E-state index contributed by atoms with van der Waals surface area (Å²) in [4.78, 5) is 36.6. The maximum Gasteiger partial charge on any atom is 0.339 e. The smallest absolute Gasteiger partial charge is 0.339 e. The zero-order chi connectivity index (χ0) is 28.3. The molecule has 208 valence electrons. The van der Waals surface area contributed by atoms with Crippen molar-refractivity contribution >= 4 is 16.9 Å². The number of nitrogens with zero attached hydrogens (tertiary/aromatic N) is 5. The van der Waals surface area contributed by atoms with Crippen LogP contribution in [0.3, 0.4) is 0 Å². The summed E-state index contributed by atoms with van der Waals surface area (Å²) in [5.74, 6) is -0.362. The van der Waals surface area contributed by atoms with Crippen molar-refractivity contribution in [2.75, 3.05) is 26.2 Å². The van der Waals surface area contributed by atoms with Gasteiger partial charge in [-0.2, -0.15) is 0 Å². The van der Waals surface area contributed by atoms with Crippen molar-refractivity contribution in [3.63, 3.8) is 0 Å². The molecule has 2 unspecified atom stereocenters. The van der Waals surface area contributed by atoms with E-state index in [9.17, 15) is 4.79 Å². The topological polar surface area (TPSA) is 109 Å². The summed E-state index contributed by atoms with van der Waals surface area (Å²) in [6, 6.07) is 18.5. The highest BCUT2D eigenvalue weighted by atomic mass is 16.5. The quantitative estimate of drug-likeness (QED) is 0.277. The van der Waals surface area contributed by atoms with E-state index >= 15 is 0 Å². The summed E-state index contributed by atoms with van der Waals surface area (Å²) in [6.07, 6.45) is 5.06. The van der Waals surface area contributed by atoms with Gasteiger partial charge in [0.15, 0.2) is 0 Å². The molecule has 2 atom stereocenters. The fourth-order valence-corrected chi connectivity index (χ4v) is 5.47. The zero-order valence-electron chi connectivity index (χ0n) is 23.5. The molecule has 5 aromatic rings. The molecule has 1 fully saturated rings.